The predicted molar refractivity (Wildman–Crippen MR) is 207 cm³/mol. The molecule has 5 rings (SSSR count). The number of nitrogens with one attached hydrogen (secondary N) is 4. The second kappa shape index (κ2) is 17.6. The Balaban J connectivity index is 1.21. The highest BCUT2D eigenvalue weighted by atomic mass is 16.5. The van der Waals surface area contributed by atoms with Crippen LogP contribution in [-0.4, -0.2) is 89.8 Å². The third kappa shape index (κ3) is 9.18. The third-order valence-electron chi connectivity index (χ3n) is 10.2. The highest BCUT2D eigenvalue weighted by Crippen LogP contribution is 2.29. The molecule has 2 aliphatic rings. The average Bonchev–Trinajstić information content (AvgIpc) is 3.86. The summed E-state index contributed by atoms with van der Waals surface area (Å²) in [7, 11) is 1.24. The maximum atomic E-state index is 13.4. The van der Waals surface area contributed by atoms with Crippen molar-refractivity contribution in [1.82, 2.24) is 20.4 Å². The molecular formula is C41H52N6O7. The van der Waals surface area contributed by atoms with Crippen LogP contribution >= 0.6 is 0 Å². The number of benzene rings is 3. The van der Waals surface area contributed by atoms with Crippen LogP contribution in [-0.2, 0) is 28.7 Å². The largest absolute Gasteiger partial charge is 0.453 e. The molecule has 0 saturated carbocycles. The minimum Gasteiger partial charge on any atom is -0.453 e. The van der Waals surface area contributed by atoms with Gasteiger partial charge < -0.3 is 35.8 Å². The van der Waals surface area contributed by atoms with Crippen LogP contribution in [0.1, 0.15) is 66.7 Å². The Morgan fingerprint density at radius 3 is 1.69 bits per heavy atom. The summed E-state index contributed by atoms with van der Waals surface area (Å²) in [6.07, 6.45) is 2.06. The lowest BCUT2D eigenvalue weighted by Gasteiger charge is -2.30. The number of anilines is 2. The Kier molecular flexibility index (Phi) is 12.9. The van der Waals surface area contributed by atoms with Crippen molar-refractivity contribution in [3.05, 3.63) is 60.7 Å². The van der Waals surface area contributed by atoms with Crippen LogP contribution in [0.3, 0.4) is 0 Å². The smallest absolute Gasteiger partial charge is 0.407 e. The van der Waals surface area contributed by atoms with Gasteiger partial charge in [-0.25, -0.2) is 4.79 Å². The molecule has 2 heterocycles. The van der Waals surface area contributed by atoms with E-state index in [4.69, 9.17) is 4.74 Å². The summed E-state index contributed by atoms with van der Waals surface area (Å²) in [6, 6.07) is 16.5. The Labute approximate surface area is 316 Å². The van der Waals surface area contributed by atoms with Gasteiger partial charge in [-0.15, -0.1) is 0 Å². The van der Waals surface area contributed by atoms with Gasteiger partial charge in [0.15, 0.2) is 0 Å². The number of likely N-dealkylation sites (tertiary alicyclic amines) is 2. The minimum absolute atomic E-state index is 0.115. The Bertz CT molecular complexity index is 1880. The van der Waals surface area contributed by atoms with Crippen molar-refractivity contribution < 1.29 is 33.5 Å². The van der Waals surface area contributed by atoms with E-state index < -0.39 is 30.3 Å². The highest BCUT2D eigenvalue weighted by Gasteiger charge is 2.40. The van der Waals surface area contributed by atoms with Crippen LogP contribution in [0.25, 0.3) is 21.9 Å². The van der Waals surface area contributed by atoms with Crippen LogP contribution in [0.2, 0.25) is 0 Å². The molecule has 4 atom stereocenters. The van der Waals surface area contributed by atoms with E-state index in [1.54, 1.807) is 16.7 Å². The van der Waals surface area contributed by atoms with E-state index in [-0.39, 0.29) is 47.8 Å². The number of amides is 6. The molecule has 2 saturated heterocycles. The predicted octanol–water partition coefficient (Wildman–Crippen LogP) is 5.30. The van der Waals surface area contributed by atoms with E-state index in [2.05, 4.69) is 27.3 Å². The summed E-state index contributed by atoms with van der Waals surface area (Å²) >= 11 is 0. The van der Waals surface area contributed by atoms with Gasteiger partial charge in [0.1, 0.15) is 24.2 Å². The van der Waals surface area contributed by atoms with Crippen LogP contribution in [0.4, 0.5) is 16.2 Å². The SMILES string of the molecule is CCC(=O)N[C@H](C(=O)N1CCC[C@H]1C(=O)Nc1ccc2cc(-c3ccc(NC(=O)[C@@H]4CCCN4C(=O)[C@@H](NC(=O)OC)C(C)C)cc3)ccc2c1)C(C)C. The van der Waals surface area contributed by atoms with Gasteiger partial charge in [-0.3, -0.25) is 24.0 Å². The number of carbonyl (C=O) groups is 6. The molecule has 3 aromatic rings. The first-order chi connectivity index (χ1) is 25.8. The summed E-state index contributed by atoms with van der Waals surface area (Å²) < 4.78 is 4.69. The van der Waals surface area contributed by atoms with Crippen molar-refractivity contribution in [2.75, 3.05) is 30.8 Å². The van der Waals surface area contributed by atoms with Crippen molar-refractivity contribution in [3.8, 4) is 11.1 Å². The van der Waals surface area contributed by atoms with E-state index >= 15 is 0 Å². The van der Waals surface area contributed by atoms with Gasteiger partial charge in [0, 0.05) is 30.9 Å². The lowest BCUT2D eigenvalue weighted by atomic mass is 10.0. The number of hydrogen-bond acceptors (Lipinski definition) is 7. The van der Waals surface area contributed by atoms with Gasteiger partial charge in [0.2, 0.25) is 29.5 Å². The fraction of sp³-hybridized carbons (Fsp3) is 0.463. The summed E-state index contributed by atoms with van der Waals surface area (Å²) in [5.74, 6) is -1.58. The molecule has 0 spiro atoms. The van der Waals surface area contributed by atoms with Gasteiger partial charge in [-0.1, -0.05) is 65.0 Å². The van der Waals surface area contributed by atoms with E-state index in [1.165, 1.54) is 7.11 Å². The first kappa shape index (κ1) is 39.7. The summed E-state index contributed by atoms with van der Waals surface area (Å²) in [6.45, 7) is 10.1. The maximum absolute atomic E-state index is 13.4. The zero-order valence-electron chi connectivity index (χ0n) is 31.9. The molecule has 13 heteroatoms. The fourth-order valence-electron chi connectivity index (χ4n) is 7.15. The van der Waals surface area contributed by atoms with Gasteiger partial charge in [-0.05, 0) is 89.8 Å². The molecule has 3 aromatic carbocycles. The van der Waals surface area contributed by atoms with Crippen molar-refractivity contribution in [3.63, 3.8) is 0 Å². The standard InChI is InChI=1S/C41H52N6O7/c1-7-34(48)44-35(24(2)3)39(51)46-20-9-11-33(46)38(50)43-31-19-16-28-22-27(12-13-29(28)23-31)26-14-17-30(18-15-26)42-37(49)32-10-8-21-47(32)40(52)36(25(4)5)45-41(53)54-6/h12-19,22-25,32-33,35-36H,7-11,20-21H2,1-6H3,(H,42,49)(H,43,50)(H,44,48)(H,45,53)/t32-,33-,35-,36-/m0/s1. The molecule has 0 aliphatic carbocycles. The summed E-state index contributed by atoms with van der Waals surface area (Å²) in [4.78, 5) is 80.7. The zero-order chi connectivity index (χ0) is 39.1. The maximum Gasteiger partial charge on any atom is 0.407 e. The molecule has 0 aromatic heterocycles. The third-order valence-corrected chi connectivity index (χ3v) is 10.2. The molecule has 4 N–H and O–H groups in total. The average molecular weight is 741 g/mol. The number of carbonyl (C=O) groups excluding carboxylic acids is 6. The number of fused-ring (bicyclic) bond motifs is 1. The zero-order valence-corrected chi connectivity index (χ0v) is 31.9. The Hall–Kier alpha value is -5.46. The van der Waals surface area contributed by atoms with Gasteiger partial charge >= 0.3 is 6.09 Å². The number of methoxy groups -OCH3 is 1. The number of hydrogen-bond donors (Lipinski definition) is 4. The number of rotatable bonds is 12. The van der Waals surface area contributed by atoms with E-state index in [1.807, 2.05) is 82.3 Å². The molecule has 0 radical (unpaired) electrons. The molecule has 288 valence electrons. The van der Waals surface area contributed by atoms with Crippen molar-refractivity contribution in [2.45, 2.75) is 90.9 Å². The monoisotopic (exact) mass is 740 g/mol. The lowest BCUT2D eigenvalue weighted by Crippen LogP contribution is -2.54. The second-order valence-electron chi connectivity index (χ2n) is 14.7. The Morgan fingerprint density at radius 2 is 1.15 bits per heavy atom. The van der Waals surface area contributed by atoms with Crippen LogP contribution in [0, 0.1) is 11.8 Å². The number of nitrogens with zero attached hydrogens (tertiary/aromatic N) is 2. The molecular weight excluding hydrogens is 688 g/mol. The van der Waals surface area contributed by atoms with Crippen molar-refractivity contribution in [2.24, 2.45) is 11.8 Å². The topological polar surface area (TPSA) is 166 Å². The molecule has 13 nitrogen and oxygen atoms in total. The highest BCUT2D eigenvalue weighted by molar-refractivity contribution is 6.01. The van der Waals surface area contributed by atoms with Crippen LogP contribution < -0.4 is 21.3 Å². The first-order valence-corrected chi connectivity index (χ1v) is 18.8. The first-order valence-electron chi connectivity index (χ1n) is 18.8. The van der Waals surface area contributed by atoms with Gasteiger partial charge in [0.05, 0.1) is 7.11 Å². The Morgan fingerprint density at radius 1 is 0.667 bits per heavy atom. The van der Waals surface area contributed by atoms with Gasteiger partial charge in [0.25, 0.3) is 0 Å². The summed E-state index contributed by atoms with van der Waals surface area (Å²) in [5.41, 5.74) is 3.14. The van der Waals surface area contributed by atoms with Crippen LogP contribution in [0.5, 0.6) is 0 Å². The van der Waals surface area contributed by atoms with E-state index in [9.17, 15) is 28.8 Å². The number of ether oxygens (including phenoxy) is 1. The van der Waals surface area contributed by atoms with E-state index in [0.717, 1.165) is 21.9 Å². The second-order valence-corrected chi connectivity index (χ2v) is 14.7. The molecule has 6 amide bonds. The molecule has 0 bridgehead atoms. The molecule has 2 fully saturated rings. The van der Waals surface area contributed by atoms with Crippen molar-refractivity contribution >= 4 is 57.8 Å². The molecule has 2 aliphatic heterocycles. The van der Waals surface area contributed by atoms with Gasteiger partial charge in [-0.2, -0.15) is 0 Å². The number of alkyl carbamates (subject to hydrolysis) is 1. The van der Waals surface area contributed by atoms with E-state index in [0.29, 0.717) is 50.1 Å². The quantitative estimate of drug-likeness (QED) is 0.196. The molecule has 0 unspecified atom stereocenters. The fourth-order valence-corrected chi connectivity index (χ4v) is 7.15. The summed E-state index contributed by atoms with van der Waals surface area (Å²) in [5, 5.41) is 13.3. The molecule has 54 heavy (non-hydrogen) atoms. The lowest BCUT2D eigenvalue weighted by molar-refractivity contribution is -0.141. The van der Waals surface area contributed by atoms with Crippen LogP contribution in [0.15, 0.2) is 60.7 Å². The normalized spacial score (nSPS) is 18.0. The minimum atomic E-state index is -0.803. The van der Waals surface area contributed by atoms with Crippen molar-refractivity contribution in [1.29, 1.82) is 0 Å².